The second kappa shape index (κ2) is 6.37. The lowest BCUT2D eigenvalue weighted by Gasteiger charge is -2.30. The van der Waals surface area contributed by atoms with Crippen molar-refractivity contribution in [1.29, 1.82) is 0 Å². The maximum absolute atomic E-state index is 11.8. The molecule has 1 unspecified atom stereocenters. The van der Waals surface area contributed by atoms with Gasteiger partial charge in [0, 0.05) is 37.1 Å². The van der Waals surface area contributed by atoms with Crippen LogP contribution in [0.5, 0.6) is 0 Å². The number of carbonyl (C=O) groups excluding carboxylic acids is 1. The summed E-state index contributed by atoms with van der Waals surface area (Å²) in [4.78, 5) is 16.4. The summed E-state index contributed by atoms with van der Waals surface area (Å²) in [6.07, 6.45) is 4.75. The van der Waals surface area contributed by atoms with E-state index in [-0.39, 0.29) is 5.91 Å². The monoisotopic (exact) mass is 306 g/mol. The fourth-order valence-corrected chi connectivity index (χ4v) is 3.50. The van der Waals surface area contributed by atoms with Gasteiger partial charge in [-0.15, -0.1) is 0 Å². The molecule has 1 aromatic rings. The summed E-state index contributed by atoms with van der Waals surface area (Å²) in [5.74, 6) is 0.224. The van der Waals surface area contributed by atoms with Crippen LogP contribution in [-0.2, 0) is 11.3 Å². The molecule has 114 valence electrons. The lowest BCUT2D eigenvalue weighted by molar-refractivity contribution is -0.130. The maximum atomic E-state index is 11.8. The molecule has 0 N–H and O–H groups in total. The number of amides is 1. The van der Waals surface area contributed by atoms with Gasteiger partial charge in [-0.25, -0.2) is 0 Å². The van der Waals surface area contributed by atoms with Crippen molar-refractivity contribution in [3.63, 3.8) is 0 Å². The number of hydrogen-bond acceptors (Lipinski definition) is 2. The molecule has 2 aliphatic rings. The smallest absolute Gasteiger partial charge is 0.219 e. The van der Waals surface area contributed by atoms with Crippen LogP contribution in [-0.4, -0.2) is 40.9 Å². The lowest BCUT2D eigenvalue weighted by Crippen LogP contribution is -2.43. The zero-order valence-electron chi connectivity index (χ0n) is 12.6. The van der Waals surface area contributed by atoms with Gasteiger partial charge in [0.05, 0.1) is 0 Å². The van der Waals surface area contributed by atoms with Crippen molar-refractivity contribution >= 4 is 17.5 Å². The van der Waals surface area contributed by atoms with Crippen molar-refractivity contribution in [3.8, 4) is 0 Å². The van der Waals surface area contributed by atoms with E-state index in [1.807, 2.05) is 18.2 Å². The summed E-state index contributed by atoms with van der Waals surface area (Å²) in [6.45, 7) is 4.57. The number of halogens is 1. The summed E-state index contributed by atoms with van der Waals surface area (Å²) in [6, 6.07) is 9.04. The van der Waals surface area contributed by atoms with Crippen molar-refractivity contribution < 1.29 is 4.79 Å². The van der Waals surface area contributed by atoms with Crippen molar-refractivity contribution in [1.82, 2.24) is 9.80 Å². The Labute approximate surface area is 131 Å². The van der Waals surface area contributed by atoms with Crippen LogP contribution < -0.4 is 0 Å². The van der Waals surface area contributed by atoms with Crippen LogP contribution in [0, 0.1) is 0 Å². The van der Waals surface area contributed by atoms with Gasteiger partial charge in [-0.2, -0.15) is 0 Å². The maximum Gasteiger partial charge on any atom is 0.219 e. The quantitative estimate of drug-likeness (QED) is 0.833. The van der Waals surface area contributed by atoms with Gasteiger partial charge in [0.2, 0.25) is 5.91 Å². The molecule has 1 atom stereocenters. The Morgan fingerprint density at radius 1 is 1.33 bits per heavy atom. The van der Waals surface area contributed by atoms with E-state index < -0.39 is 0 Å². The minimum Gasteiger partial charge on any atom is -0.338 e. The van der Waals surface area contributed by atoms with Gasteiger partial charge in [-0.1, -0.05) is 29.8 Å². The molecule has 0 bridgehead atoms. The van der Waals surface area contributed by atoms with Crippen LogP contribution in [0.2, 0.25) is 5.02 Å². The SMILES string of the molecule is CC(=O)N(CC1CCCN1Cc1ccccc1Cl)C1CC1. The molecule has 1 aromatic carbocycles. The van der Waals surface area contributed by atoms with Crippen molar-refractivity contribution in [2.75, 3.05) is 13.1 Å². The predicted molar refractivity (Wildman–Crippen MR) is 85.3 cm³/mol. The standard InChI is InChI=1S/C17H23ClN2O/c1-13(21)20(15-8-9-15)12-16-6-4-10-19(16)11-14-5-2-3-7-17(14)18/h2-3,5,7,15-16H,4,6,8-12H2,1H3. The molecular weight excluding hydrogens is 284 g/mol. The third-order valence-corrected chi connectivity index (χ3v) is 5.00. The third kappa shape index (κ3) is 3.58. The van der Waals surface area contributed by atoms with Gasteiger partial charge in [0.1, 0.15) is 0 Å². The van der Waals surface area contributed by atoms with E-state index in [1.54, 1.807) is 6.92 Å². The van der Waals surface area contributed by atoms with Gasteiger partial charge in [0.25, 0.3) is 0 Å². The Bertz CT molecular complexity index is 515. The number of likely N-dealkylation sites (tertiary alicyclic amines) is 1. The zero-order chi connectivity index (χ0) is 14.8. The first-order valence-corrected chi connectivity index (χ1v) is 8.27. The molecule has 1 heterocycles. The van der Waals surface area contributed by atoms with E-state index in [0.717, 1.165) is 24.7 Å². The van der Waals surface area contributed by atoms with Gasteiger partial charge in [-0.05, 0) is 43.9 Å². The summed E-state index contributed by atoms with van der Waals surface area (Å²) in [7, 11) is 0. The number of rotatable bonds is 5. The first-order chi connectivity index (χ1) is 10.1. The molecule has 1 saturated carbocycles. The Balaban J connectivity index is 1.65. The highest BCUT2D eigenvalue weighted by Crippen LogP contribution is 2.30. The van der Waals surface area contributed by atoms with E-state index in [9.17, 15) is 4.79 Å². The lowest BCUT2D eigenvalue weighted by atomic mass is 10.1. The molecular formula is C17H23ClN2O. The number of nitrogens with zero attached hydrogens (tertiary/aromatic N) is 2. The Kier molecular flexibility index (Phi) is 4.51. The zero-order valence-corrected chi connectivity index (χ0v) is 13.4. The van der Waals surface area contributed by atoms with Crippen molar-refractivity contribution in [2.24, 2.45) is 0 Å². The van der Waals surface area contributed by atoms with E-state index in [1.165, 1.54) is 31.2 Å². The van der Waals surface area contributed by atoms with Gasteiger partial charge in [-0.3, -0.25) is 9.69 Å². The van der Waals surface area contributed by atoms with Crippen molar-refractivity contribution in [3.05, 3.63) is 34.9 Å². The Morgan fingerprint density at radius 3 is 2.76 bits per heavy atom. The van der Waals surface area contributed by atoms with E-state index in [2.05, 4.69) is 15.9 Å². The van der Waals surface area contributed by atoms with Crippen LogP contribution in [0.15, 0.2) is 24.3 Å². The average Bonchev–Trinajstić information content (AvgIpc) is 3.20. The van der Waals surface area contributed by atoms with Crippen LogP contribution in [0.1, 0.15) is 38.2 Å². The summed E-state index contributed by atoms with van der Waals surface area (Å²) < 4.78 is 0. The minimum atomic E-state index is 0.224. The van der Waals surface area contributed by atoms with Gasteiger partial charge >= 0.3 is 0 Å². The van der Waals surface area contributed by atoms with E-state index in [0.29, 0.717) is 12.1 Å². The first kappa shape index (κ1) is 14.9. The molecule has 0 aromatic heterocycles. The molecule has 2 fully saturated rings. The van der Waals surface area contributed by atoms with Gasteiger partial charge < -0.3 is 4.90 Å². The Morgan fingerprint density at radius 2 is 2.10 bits per heavy atom. The van der Waals surface area contributed by atoms with Crippen LogP contribution in [0.3, 0.4) is 0 Å². The third-order valence-electron chi connectivity index (χ3n) is 4.63. The van der Waals surface area contributed by atoms with E-state index >= 15 is 0 Å². The molecule has 1 saturated heterocycles. The molecule has 3 nitrogen and oxygen atoms in total. The minimum absolute atomic E-state index is 0.224. The van der Waals surface area contributed by atoms with Crippen LogP contribution in [0.25, 0.3) is 0 Å². The number of hydrogen-bond donors (Lipinski definition) is 0. The second-order valence-corrected chi connectivity index (χ2v) is 6.67. The van der Waals surface area contributed by atoms with Gasteiger partial charge in [0.15, 0.2) is 0 Å². The molecule has 3 rings (SSSR count). The molecule has 0 spiro atoms. The first-order valence-electron chi connectivity index (χ1n) is 7.90. The van der Waals surface area contributed by atoms with Crippen LogP contribution in [0.4, 0.5) is 0 Å². The fraction of sp³-hybridized carbons (Fsp3) is 0.588. The highest BCUT2D eigenvalue weighted by molar-refractivity contribution is 6.31. The normalized spacial score (nSPS) is 22.5. The van der Waals surface area contributed by atoms with Crippen LogP contribution >= 0.6 is 11.6 Å². The predicted octanol–water partition coefficient (Wildman–Crippen LogP) is 3.32. The highest BCUT2D eigenvalue weighted by Gasteiger charge is 2.35. The summed E-state index contributed by atoms with van der Waals surface area (Å²) in [5, 5.41) is 0.841. The van der Waals surface area contributed by atoms with Crippen molar-refractivity contribution in [2.45, 2.75) is 51.2 Å². The summed E-state index contributed by atoms with van der Waals surface area (Å²) in [5.41, 5.74) is 1.19. The molecule has 1 amide bonds. The topological polar surface area (TPSA) is 23.6 Å². The Hall–Kier alpha value is -1.06. The molecule has 21 heavy (non-hydrogen) atoms. The largest absolute Gasteiger partial charge is 0.338 e. The molecule has 1 aliphatic carbocycles. The second-order valence-electron chi connectivity index (χ2n) is 6.26. The van der Waals surface area contributed by atoms with E-state index in [4.69, 9.17) is 11.6 Å². The molecule has 4 heteroatoms. The fourth-order valence-electron chi connectivity index (χ4n) is 3.30. The average molecular weight is 307 g/mol. The summed E-state index contributed by atoms with van der Waals surface area (Å²) >= 11 is 6.28. The highest BCUT2D eigenvalue weighted by atomic mass is 35.5. The number of carbonyl (C=O) groups is 1. The molecule has 0 radical (unpaired) electrons. The number of benzene rings is 1. The molecule has 1 aliphatic heterocycles.